The number of esters is 1. The molecule has 6 nitrogen and oxygen atoms in total. The van der Waals surface area contributed by atoms with Gasteiger partial charge in [-0.3, -0.25) is 9.69 Å². The summed E-state index contributed by atoms with van der Waals surface area (Å²) in [7, 11) is 1.70. The van der Waals surface area contributed by atoms with E-state index in [2.05, 4.69) is 9.47 Å². The number of fused-ring (bicyclic) bond motifs is 1. The number of aromatic nitrogens is 1. The third-order valence-corrected chi connectivity index (χ3v) is 4.69. The Balaban J connectivity index is 2.01. The number of ether oxygens (including phenoxy) is 2. The Bertz CT molecular complexity index is 815. The highest BCUT2D eigenvalue weighted by Gasteiger charge is 2.26. The number of likely N-dealkylation sites (tertiary alicyclic amines) is 1. The number of carbonyl (C=O) groups is 1. The maximum Gasteiger partial charge on any atom is 0.343 e. The van der Waals surface area contributed by atoms with E-state index in [9.17, 15) is 9.59 Å². The lowest BCUT2D eigenvalue weighted by Gasteiger charge is -2.20. The molecule has 1 aliphatic rings. The highest BCUT2D eigenvalue weighted by Crippen LogP contribution is 2.25. The zero-order valence-electron chi connectivity index (χ0n) is 14.7. The van der Waals surface area contributed by atoms with E-state index in [4.69, 9.17) is 9.47 Å². The van der Waals surface area contributed by atoms with Crippen LogP contribution in [0.25, 0.3) is 10.9 Å². The van der Waals surface area contributed by atoms with Gasteiger partial charge in [-0.05, 0) is 25.5 Å². The van der Waals surface area contributed by atoms with E-state index in [-0.39, 0.29) is 23.6 Å². The minimum absolute atomic E-state index is 0.107. The molecule has 1 aromatic heterocycles. The molecule has 1 unspecified atom stereocenters. The van der Waals surface area contributed by atoms with E-state index in [0.717, 1.165) is 31.6 Å². The summed E-state index contributed by atoms with van der Waals surface area (Å²) in [5.74, 6) is -0.554. The van der Waals surface area contributed by atoms with Crippen LogP contribution in [-0.4, -0.2) is 55.4 Å². The molecule has 1 fully saturated rings. The van der Waals surface area contributed by atoms with Gasteiger partial charge < -0.3 is 14.0 Å². The molecular weight excluding hydrogens is 320 g/mol. The SMILES string of the molecule is CCOC(=O)c1cn(C2CCN(CCOC)C2)c2ccccc2c1=O. The molecule has 1 atom stereocenters. The first-order valence-corrected chi connectivity index (χ1v) is 8.68. The van der Waals surface area contributed by atoms with Crippen LogP contribution in [-0.2, 0) is 9.47 Å². The number of rotatable bonds is 6. The number of methoxy groups -OCH3 is 1. The largest absolute Gasteiger partial charge is 0.462 e. The normalized spacial score (nSPS) is 17.9. The van der Waals surface area contributed by atoms with Crippen LogP contribution in [0.15, 0.2) is 35.3 Å². The van der Waals surface area contributed by atoms with E-state index < -0.39 is 5.97 Å². The third-order valence-electron chi connectivity index (χ3n) is 4.69. The van der Waals surface area contributed by atoms with Gasteiger partial charge >= 0.3 is 5.97 Å². The number of pyridine rings is 1. The second-order valence-electron chi connectivity index (χ2n) is 6.25. The lowest BCUT2D eigenvalue weighted by molar-refractivity contribution is 0.0524. The number of nitrogens with zero attached hydrogens (tertiary/aromatic N) is 2. The third kappa shape index (κ3) is 3.60. The molecular formula is C19H24N2O4. The van der Waals surface area contributed by atoms with Gasteiger partial charge in [0.15, 0.2) is 0 Å². The van der Waals surface area contributed by atoms with Crippen LogP contribution in [0.2, 0.25) is 0 Å². The van der Waals surface area contributed by atoms with Crippen molar-refractivity contribution in [2.45, 2.75) is 19.4 Å². The summed E-state index contributed by atoms with van der Waals surface area (Å²) >= 11 is 0. The molecule has 0 bridgehead atoms. The van der Waals surface area contributed by atoms with Crippen molar-refractivity contribution in [2.75, 3.05) is 40.0 Å². The predicted octanol–water partition coefficient (Wildman–Crippen LogP) is 2.07. The van der Waals surface area contributed by atoms with Gasteiger partial charge in [-0.15, -0.1) is 0 Å². The predicted molar refractivity (Wildman–Crippen MR) is 96.1 cm³/mol. The van der Waals surface area contributed by atoms with E-state index >= 15 is 0 Å². The first-order chi connectivity index (χ1) is 12.2. The van der Waals surface area contributed by atoms with E-state index in [0.29, 0.717) is 12.0 Å². The first-order valence-electron chi connectivity index (χ1n) is 8.68. The molecule has 0 aliphatic carbocycles. The Labute approximate surface area is 146 Å². The molecule has 2 heterocycles. The number of hydrogen-bond donors (Lipinski definition) is 0. The van der Waals surface area contributed by atoms with Crippen LogP contribution in [0.4, 0.5) is 0 Å². The van der Waals surface area contributed by atoms with Crippen LogP contribution in [0.5, 0.6) is 0 Å². The van der Waals surface area contributed by atoms with Crippen molar-refractivity contribution in [3.8, 4) is 0 Å². The van der Waals surface area contributed by atoms with Crippen molar-refractivity contribution < 1.29 is 14.3 Å². The van der Waals surface area contributed by atoms with Crippen LogP contribution < -0.4 is 5.43 Å². The molecule has 0 saturated carbocycles. The van der Waals surface area contributed by atoms with Crippen molar-refractivity contribution in [2.24, 2.45) is 0 Å². The maximum absolute atomic E-state index is 12.7. The first kappa shape index (κ1) is 17.6. The molecule has 3 rings (SSSR count). The summed E-state index contributed by atoms with van der Waals surface area (Å²) in [5, 5.41) is 0.559. The fourth-order valence-electron chi connectivity index (χ4n) is 3.42. The Kier molecular flexibility index (Phi) is 5.50. The summed E-state index contributed by atoms with van der Waals surface area (Å²) in [5.41, 5.74) is 0.703. The average molecular weight is 344 g/mol. The van der Waals surface area contributed by atoms with Gasteiger partial charge in [0.2, 0.25) is 5.43 Å². The maximum atomic E-state index is 12.7. The summed E-state index contributed by atoms with van der Waals surface area (Å²) in [6.45, 7) is 5.42. The molecule has 1 aliphatic heterocycles. The zero-order valence-corrected chi connectivity index (χ0v) is 14.7. The summed E-state index contributed by atoms with van der Waals surface area (Å²) in [6.07, 6.45) is 2.64. The molecule has 0 radical (unpaired) electrons. The van der Waals surface area contributed by atoms with E-state index in [1.807, 2.05) is 18.2 Å². The van der Waals surface area contributed by atoms with Crippen LogP contribution in [0, 0.1) is 0 Å². The van der Waals surface area contributed by atoms with Gasteiger partial charge in [0, 0.05) is 44.4 Å². The monoisotopic (exact) mass is 344 g/mol. The van der Waals surface area contributed by atoms with Gasteiger partial charge in [-0.2, -0.15) is 0 Å². The Morgan fingerprint density at radius 1 is 1.32 bits per heavy atom. The molecule has 6 heteroatoms. The number of carbonyl (C=O) groups excluding carboxylic acids is 1. The Morgan fingerprint density at radius 2 is 2.12 bits per heavy atom. The van der Waals surface area contributed by atoms with Gasteiger partial charge in [0.1, 0.15) is 5.56 Å². The van der Waals surface area contributed by atoms with Crippen LogP contribution in [0.1, 0.15) is 29.7 Å². The smallest absolute Gasteiger partial charge is 0.343 e. The molecule has 25 heavy (non-hydrogen) atoms. The molecule has 1 saturated heterocycles. The molecule has 1 aromatic carbocycles. The van der Waals surface area contributed by atoms with Crippen molar-refractivity contribution in [1.82, 2.24) is 9.47 Å². The number of hydrogen-bond acceptors (Lipinski definition) is 5. The standard InChI is InChI=1S/C19H24N2O4/c1-3-25-19(23)16-13-21(14-8-9-20(12-14)10-11-24-2)17-7-5-4-6-15(17)18(16)22/h4-7,13-14H,3,8-12H2,1-2H3. The van der Waals surface area contributed by atoms with Crippen molar-refractivity contribution >= 4 is 16.9 Å². The minimum Gasteiger partial charge on any atom is -0.462 e. The van der Waals surface area contributed by atoms with Gasteiger partial charge in [0.05, 0.1) is 18.7 Å². The second-order valence-corrected chi connectivity index (χ2v) is 6.25. The highest BCUT2D eigenvalue weighted by atomic mass is 16.5. The second kappa shape index (κ2) is 7.80. The number of para-hydroxylation sites is 1. The quantitative estimate of drug-likeness (QED) is 0.751. The molecule has 2 aromatic rings. The fraction of sp³-hybridized carbons (Fsp3) is 0.474. The van der Waals surface area contributed by atoms with Crippen molar-refractivity contribution in [1.29, 1.82) is 0 Å². The van der Waals surface area contributed by atoms with E-state index in [1.165, 1.54) is 0 Å². The van der Waals surface area contributed by atoms with Gasteiger partial charge in [-0.25, -0.2) is 4.79 Å². The Hall–Kier alpha value is -2.18. The zero-order chi connectivity index (χ0) is 17.8. The highest BCUT2D eigenvalue weighted by molar-refractivity contribution is 5.93. The van der Waals surface area contributed by atoms with Crippen molar-refractivity contribution in [3.05, 3.63) is 46.2 Å². The van der Waals surface area contributed by atoms with Crippen LogP contribution in [0.3, 0.4) is 0 Å². The summed E-state index contributed by atoms with van der Waals surface area (Å²) < 4.78 is 12.3. The summed E-state index contributed by atoms with van der Waals surface area (Å²) in [4.78, 5) is 27.2. The van der Waals surface area contributed by atoms with Gasteiger partial charge in [0.25, 0.3) is 0 Å². The Morgan fingerprint density at radius 3 is 2.88 bits per heavy atom. The van der Waals surface area contributed by atoms with Gasteiger partial charge in [-0.1, -0.05) is 12.1 Å². The molecule has 0 spiro atoms. The summed E-state index contributed by atoms with van der Waals surface area (Å²) in [6, 6.07) is 7.66. The lowest BCUT2D eigenvalue weighted by Crippen LogP contribution is -2.27. The molecule has 134 valence electrons. The van der Waals surface area contributed by atoms with E-state index in [1.54, 1.807) is 26.3 Å². The minimum atomic E-state index is -0.554. The lowest BCUT2D eigenvalue weighted by atomic mass is 10.1. The van der Waals surface area contributed by atoms with Crippen molar-refractivity contribution in [3.63, 3.8) is 0 Å². The molecule has 0 amide bonds. The van der Waals surface area contributed by atoms with Crippen LogP contribution >= 0.6 is 0 Å². The molecule has 0 N–H and O–H groups in total. The number of benzene rings is 1. The topological polar surface area (TPSA) is 60.8 Å². The average Bonchev–Trinajstić information content (AvgIpc) is 3.09. The fourth-order valence-corrected chi connectivity index (χ4v) is 3.42.